The fourth-order valence-corrected chi connectivity index (χ4v) is 6.98. The summed E-state index contributed by atoms with van der Waals surface area (Å²) in [6, 6.07) is 16.7. The molecule has 3 aromatic carbocycles. The summed E-state index contributed by atoms with van der Waals surface area (Å²) in [5, 5.41) is 30.3. The monoisotopic (exact) mass is 805 g/mol. The predicted octanol–water partition coefficient (Wildman–Crippen LogP) is 12.2. The van der Waals surface area contributed by atoms with Crippen LogP contribution in [0.4, 0.5) is 11.4 Å². The van der Waals surface area contributed by atoms with E-state index >= 15 is 0 Å². The smallest absolute Gasteiger partial charge is 0.545 e. The van der Waals surface area contributed by atoms with E-state index in [1.807, 2.05) is 27.7 Å². The molecule has 2 N–H and O–H groups in total. The third-order valence-electron chi connectivity index (χ3n) is 9.92. The number of carboxylic acid groups (broad SMARTS) is 1. The van der Waals surface area contributed by atoms with Crippen molar-refractivity contribution in [2.45, 2.75) is 146 Å². The maximum Gasteiger partial charge on any atom is 1.00 e. The van der Waals surface area contributed by atoms with Gasteiger partial charge in [0, 0.05) is 5.56 Å². The topological polar surface area (TPSA) is 118 Å². The third-order valence-corrected chi connectivity index (χ3v) is 9.92. The first kappa shape index (κ1) is 47.9. The number of aryl methyl sites for hydroxylation is 2. The molecule has 0 unspecified atom stereocenters. The molecule has 304 valence electrons. The van der Waals surface area contributed by atoms with Gasteiger partial charge >= 0.3 is 16.8 Å². The van der Waals surface area contributed by atoms with Gasteiger partial charge < -0.3 is 20.1 Å². The largest absolute Gasteiger partial charge is 1.00 e. The molecule has 0 aliphatic rings. The summed E-state index contributed by atoms with van der Waals surface area (Å²) in [5.41, 5.74) is 14.5. The average molecular weight is 806 g/mol. The van der Waals surface area contributed by atoms with Gasteiger partial charge in [0.25, 0.3) is 0 Å². The van der Waals surface area contributed by atoms with Crippen molar-refractivity contribution >= 4 is 28.8 Å². The molecule has 8 heteroatoms. The van der Waals surface area contributed by atoms with E-state index in [4.69, 9.17) is 15.0 Å². The van der Waals surface area contributed by atoms with Gasteiger partial charge in [-0.15, -0.1) is 0 Å². The van der Waals surface area contributed by atoms with Crippen molar-refractivity contribution < 1.29 is 36.9 Å². The van der Waals surface area contributed by atoms with Gasteiger partial charge in [-0.2, -0.15) is 0 Å². The minimum absolute atomic E-state index is 0. The standard InChI is InChI=1S/C35H47N3.C13H18O4.Co/c1-20(2)28-16-24(9)17-29(21(3)4)34(28)36-26(11)32-14-13-15-33(38-32)27(12)37-35-30(22(5)6)18-25(10)19-31(35)23(7)8;1-6(2)8-5-9(14)12(15)11(13(16)17)10(8)7(3)4;/h13-23H,1-12H3;5-7,14-15H,1-4H3,(H,16,17);/q;;+1/p-1. The predicted molar refractivity (Wildman–Crippen MR) is 229 cm³/mol. The molecule has 0 spiro atoms. The summed E-state index contributed by atoms with van der Waals surface area (Å²) in [4.78, 5) is 26.5. The SMILES string of the molecule is CC(=Nc1c(C(C)C)cc(C)cc1C(C)C)c1cccc(C(C)=Nc2c(C(C)C)cc(C)cc2C(C)C)n1.CC(C)c1cc(O)c(O)c(C(=O)[O-])c1C(C)C.[Co+]. The molecule has 1 heterocycles. The Kier molecular flexibility index (Phi) is 17.3. The second-order valence-corrected chi connectivity index (χ2v) is 16.7. The number of aromatic nitrogens is 1. The van der Waals surface area contributed by atoms with E-state index in [1.165, 1.54) is 39.4 Å². The summed E-state index contributed by atoms with van der Waals surface area (Å²) in [5.74, 6) is -0.942. The van der Waals surface area contributed by atoms with Gasteiger partial charge in [0.1, 0.15) is 0 Å². The number of hydrogen-bond donors (Lipinski definition) is 2. The average Bonchev–Trinajstić information content (AvgIpc) is 3.09. The Bertz CT molecular complexity index is 1910. The molecular formula is C48H64CoN3O4. The molecule has 0 aliphatic heterocycles. The van der Waals surface area contributed by atoms with Gasteiger partial charge in [0.05, 0.1) is 40.2 Å². The van der Waals surface area contributed by atoms with Crippen molar-refractivity contribution in [2.75, 3.05) is 0 Å². The fraction of sp³-hybridized carbons (Fsp3) is 0.458. The van der Waals surface area contributed by atoms with Gasteiger partial charge in [-0.1, -0.05) is 125 Å². The Morgan fingerprint density at radius 2 is 0.929 bits per heavy atom. The number of pyridine rings is 1. The normalized spacial score (nSPS) is 12.2. The van der Waals surface area contributed by atoms with Crippen molar-refractivity contribution in [3.8, 4) is 11.5 Å². The second-order valence-electron chi connectivity index (χ2n) is 16.7. The molecule has 0 atom stereocenters. The van der Waals surface area contributed by atoms with Gasteiger partial charge in [0.2, 0.25) is 0 Å². The molecule has 0 amide bonds. The minimum Gasteiger partial charge on any atom is -0.545 e. The van der Waals surface area contributed by atoms with Crippen molar-refractivity contribution in [3.63, 3.8) is 0 Å². The summed E-state index contributed by atoms with van der Waals surface area (Å²) in [7, 11) is 0. The maximum atomic E-state index is 11.1. The van der Waals surface area contributed by atoms with Gasteiger partial charge in [-0.25, -0.2) is 4.98 Å². The van der Waals surface area contributed by atoms with Gasteiger partial charge in [-0.3, -0.25) is 9.98 Å². The first-order chi connectivity index (χ1) is 25.6. The number of carbonyl (C=O) groups excluding carboxylic acids is 1. The molecule has 1 aromatic heterocycles. The fourth-order valence-electron chi connectivity index (χ4n) is 6.98. The molecule has 0 radical (unpaired) electrons. The number of aromatic hydroxyl groups is 2. The van der Waals surface area contributed by atoms with Crippen molar-refractivity contribution in [3.05, 3.63) is 110 Å². The molecule has 0 saturated heterocycles. The number of aliphatic imine (C=N–C) groups is 2. The molecule has 56 heavy (non-hydrogen) atoms. The zero-order valence-electron chi connectivity index (χ0n) is 36.5. The minimum atomic E-state index is -1.47. The summed E-state index contributed by atoms with van der Waals surface area (Å²) < 4.78 is 0. The van der Waals surface area contributed by atoms with Crippen LogP contribution in [0, 0.1) is 13.8 Å². The Balaban J connectivity index is 0.000000505. The third kappa shape index (κ3) is 11.4. The summed E-state index contributed by atoms with van der Waals surface area (Å²) in [6.07, 6.45) is 0. The number of phenols is 2. The molecule has 4 rings (SSSR count). The van der Waals surface area contributed by atoms with Crippen LogP contribution >= 0.6 is 0 Å². The number of nitrogens with zero attached hydrogens (tertiary/aromatic N) is 3. The van der Waals surface area contributed by atoms with E-state index in [0.29, 0.717) is 29.2 Å². The van der Waals surface area contributed by atoms with Crippen molar-refractivity contribution in [1.29, 1.82) is 0 Å². The molecule has 0 aliphatic carbocycles. The molecule has 0 saturated carbocycles. The number of rotatable bonds is 11. The first-order valence-electron chi connectivity index (χ1n) is 19.7. The zero-order chi connectivity index (χ0) is 41.6. The molecule has 0 bridgehead atoms. The van der Waals surface area contributed by atoms with Crippen LogP contribution < -0.4 is 5.11 Å². The van der Waals surface area contributed by atoms with Crippen LogP contribution in [-0.4, -0.2) is 32.6 Å². The molecule has 7 nitrogen and oxygen atoms in total. The van der Waals surface area contributed by atoms with Crippen molar-refractivity contribution in [2.24, 2.45) is 9.98 Å². The van der Waals surface area contributed by atoms with Crippen LogP contribution in [0.1, 0.15) is 199 Å². The number of carbonyl (C=O) groups is 1. The molecule has 4 aromatic rings. The quantitative estimate of drug-likeness (QED) is 0.116. The Hall–Kier alpha value is -4.27. The van der Waals surface area contributed by atoms with Crippen molar-refractivity contribution in [1.82, 2.24) is 4.98 Å². The van der Waals surface area contributed by atoms with E-state index in [9.17, 15) is 20.1 Å². The maximum absolute atomic E-state index is 11.1. The van der Waals surface area contributed by atoms with Gasteiger partial charge in [-0.05, 0) is 115 Å². The van der Waals surface area contributed by atoms with E-state index in [-0.39, 0.29) is 34.2 Å². The Labute approximate surface area is 347 Å². The zero-order valence-corrected chi connectivity index (χ0v) is 37.5. The number of hydrogen-bond acceptors (Lipinski definition) is 7. The number of carboxylic acids is 1. The van der Waals surface area contributed by atoms with Crippen LogP contribution in [0.2, 0.25) is 0 Å². The van der Waals surface area contributed by atoms with Gasteiger partial charge in [0.15, 0.2) is 11.5 Å². The van der Waals surface area contributed by atoms with Crippen LogP contribution in [0.5, 0.6) is 11.5 Å². The van der Waals surface area contributed by atoms with Crippen LogP contribution in [-0.2, 0) is 16.8 Å². The number of aromatic carboxylic acids is 1. The van der Waals surface area contributed by atoms with Crippen LogP contribution in [0.3, 0.4) is 0 Å². The first-order valence-corrected chi connectivity index (χ1v) is 19.7. The van der Waals surface area contributed by atoms with E-state index in [2.05, 4.69) is 126 Å². The van der Waals surface area contributed by atoms with E-state index < -0.39 is 17.5 Å². The molecular weight excluding hydrogens is 741 g/mol. The molecule has 0 fully saturated rings. The number of phenolic OH excluding ortho intramolecular Hbond substituents is 1. The second kappa shape index (κ2) is 20.2. The summed E-state index contributed by atoms with van der Waals surface area (Å²) in [6.45, 7) is 33.9. The van der Waals surface area contributed by atoms with E-state index in [0.717, 1.165) is 39.7 Å². The Morgan fingerprint density at radius 1 is 0.589 bits per heavy atom. The van der Waals surface area contributed by atoms with Crippen LogP contribution in [0.15, 0.2) is 58.5 Å². The Morgan fingerprint density at radius 3 is 1.21 bits per heavy atom. The van der Waals surface area contributed by atoms with Crippen LogP contribution in [0.25, 0.3) is 0 Å². The summed E-state index contributed by atoms with van der Waals surface area (Å²) >= 11 is 0. The number of benzene rings is 3. The van der Waals surface area contributed by atoms with E-state index in [1.54, 1.807) is 0 Å².